The Bertz CT molecular complexity index is 1140. The maximum absolute atomic E-state index is 13.0. The first-order chi connectivity index (χ1) is 27.7. The van der Waals surface area contributed by atoms with E-state index in [9.17, 15) is 4.79 Å². The van der Waals surface area contributed by atoms with Gasteiger partial charge in [0.1, 0.15) is 6.61 Å². The molecular weight excluding hydrogens is 691 g/mol. The molecule has 5 nitrogen and oxygen atoms in total. The van der Waals surface area contributed by atoms with Crippen LogP contribution in [-0.2, 0) is 20.8 Å². The summed E-state index contributed by atoms with van der Waals surface area (Å²) in [6.07, 6.45) is 51.1. The molecule has 0 radical (unpaired) electrons. The summed E-state index contributed by atoms with van der Waals surface area (Å²) in [5, 5.41) is 0. The molecule has 0 saturated heterocycles. The molecule has 2 rings (SSSR count). The molecule has 0 heterocycles. The van der Waals surface area contributed by atoms with Crippen LogP contribution in [0.5, 0.6) is 0 Å². The summed E-state index contributed by atoms with van der Waals surface area (Å²) in [6.45, 7) is 6.37. The Hall–Kier alpha value is -2.63. The Labute approximate surface area is 345 Å². The van der Waals surface area contributed by atoms with E-state index in [1.807, 2.05) is 37.4 Å². The normalized spacial score (nSPS) is 17.6. The topological polar surface area (TPSA) is 48.0 Å². The number of allylic oxidation sites excluding steroid dienone is 8. The van der Waals surface area contributed by atoms with Crippen LogP contribution in [0.1, 0.15) is 193 Å². The van der Waals surface area contributed by atoms with Gasteiger partial charge in [0.05, 0.1) is 12.2 Å². The molecule has 3 atom stereocenters. The molecule has 1 aliphatic carbocycles. The highest BCUT2D eigenvalue weighted by Gasteiger charge is 2.35. The minimum absolute atomic E-state index is 0.0145. The van der Waals surface area contributed by atoms with E-state index in [4.69, 9.17) is 14.2 Å². The Kier molecular flexibility index (Phi) is 32.4. The van der Waals surface area contributed by atoms with Crippen molar-refractivity contribution in [3.63, 3.8) is 0 Å². The number of unbranched alkanes of at least 4 members (excludes halogenated alkanes) is 18. The quantitative estimate of drug-likeness (QED) is 0.0509. The minimum Gasteiger partial charge on any atom is -0.445 e. The minimum atomic E-state index is -0.261. The number of carbonyl (C=O) groups excluding carboxylic acids is 1. The summed E-state index contributed by atoms with van der Waals surface area (Å²) in [4.78, 5) is 14.8. The van der Waals surface area contributed by atoms with E-state index in [0.29, 0.717) is 6.61 Å². The fourth-order valence-electron chi connectivity index (χ4n) is 7.42. The zero-order valence-electron chi connectivity index (χ0n) is 36.5. The van der Waals surface area contributed by atoms with Crippen LogP contribution in [0, 0.1) is 0 Å². The number of hydrogen-bond acceptors (Lipinski definition) is 4. The molecule has 0 aromatic heterocycles. The first-order valence-corrected chi connectivity index (χ1v) is 23.4. The Morgan fingerprint density at radius 1 is 0.571 bits per heavy atom. The van der Waals surface area contributed by atoms with Gasteiger partial charge in [0.2, 0.25) is 0 Å². The predicted octanol–water partition coefficient (Wildman–Crippen LogP) is 15.2. The van der Waals surface area contributed by atoms with Crippen molar-refractivity contribution in [3.05, 3.63) is 84.5 Å². The van der Waals surface area contributed by atoms with E-state index < -0.39 is 0 Å². The van der Waals surface area contributed by atoms with Crippen molar-refractivity contribution in [2.45, 2.75) is 212 Å². The van der Waals surface area contributed by atoms with Crippen molar-refractivity contribution in [2.24, 2.45) is 0 Å². The molecule has 1 fully saturated rings. The average Bonchev–Trinajstić information content (AvgIpc) is 3.22. The first kappa shape index (κ1) is 49.5. The van der Waals surface area contributed by atoms with Crippen molar-refractivity contribution >= 4 is 6.09 Å². The van der Waals surface area contributed by atoms with Gasteiger partial charge in [-0.05, 0) is 102 Å². The molecule has 1 aromatic rings. The van der Waals surface area contributed by atoms with E-state index in [1.54, 1.807) is 4.90 Å². The van der Waals surface area contributed by atoms with Gasteiger partial charge < -0.3 is 19.1 Å². The van der Waals surface area contributed by atoms with E-state index in [1.165, 1.54) is 128 Å². The summed E-state index contributed by atoms with van der Waals surface area (Å²) in [6, 6.07) is 10.0. The lowest BCUT2D eigenvalue weighted by Crippen LogP contribution is -2.47. The maximum atomic E-state index is 13.0. The third kappa shape index (κ3) is 27.1. The second-order valence-corrected chi connectivity index (χ2v) is 16.1. The lowest BCUT2D eigenvalue weighted by atomic mass is 9.89. The van der Waals surface area contributed by atoms with Crippen molar-refractivity contribution in [1.29, 1.82) is 0 Å². The van der Waals surface area contributed by atoms with E-state index >= 15 is 0 Å². The molecule has 1 saturated carbocycles. The Morgan fingerprint density at radius 3 is 1.52 bits per heavy atom. The molecule has 0 spiro atoms. The number of hydrogen-bond donors (Lipinski definition) is 0. The van der Waals surface area contributed by atoms with Crippen molar-refractivity contribution in [2.75, 3.05) is 20.3 Å². The molecule has 0 N–H and O–H groups in total. The van der Waals surface area contributed by atoms with Gasteiger partial charge in [0, 0.05) is 26.3 Å². The van der Waals surface area contributed by atoms with Gasteiger partial charge in [0.15, 0.2) is 0 Å². The Morgan fingerprint density at radius 2 is 1.02 bits per heavy atom. The van der Waals surface area contributed by atoms with Gasteiger partial charge in [0.25, 0.3) is 0 Å². The van der Waals surface area contributed by atoms with Gasteiger partial charge in [-0.3, -0.25) is 0 Å². The van der Waals surface area contributed by atoms with Crippen LogP contribution < -0.4 is 0 Å². The number of carbonyl (C=O) groups is 1. The summed E-state index contributed by atoms with van der Waals surface area (Å²) in [7, 11) is 1.88. The van der Waals surface area contributed by atoms with Gasteiger partial charge >= 0.3 is 6.09 Å². The van der Waals surface area contributed by atoms with E-state index in [0.717, 1.165) is 63.7 Å². The number of rotatable bonds is 35. The highest BCUT2D eigenvalue weighted by Crippen LogP contribution is 2.28. The van der Waals surface area contributed by atoms with Crippen LogP contribution in [0.15, 0.2) is 78.9 Å². The van der Waals surface area contributed by atoms with Crippen LogP contribution in [0.25, 0.3) is 0 Å². The number of nitrogens with zero attached hydrogens (tertiary/aromatic N) is 1. The fraction of sp³-hybridized carbons (Fsp3) is 0.706. The highest BCUT2D eigenvalue weighted by molar-refractivity contribution is 5.67. The smallest absolute Gasteiger partial charge is 0.410 e. The SMILES string of the molecule is CCCCC/C=C\C/C=C\CCCCCCCCO[C@H]1C[C@H](N(C)C(=O)OCc2ccccc2)CC[C@H]1OCCCCCCCC/C=C\C/C=C\CCCCC. The van der Waals surface area contributed by atoms with Crippen molar-refractivity contribution in [1.82, 2.24) is 4.90 Å². The lowest BCUT2D eigenvalue weighted by Gasteiger charge is -2.39. The van der Waals surface area contributed by atoms with Gasteiger partial charge in [-0.2, -0.15) is 0 Å². The third-order valence-corrected chi connectivity index (χ3v) is 11.1. The standard InChI is InChI=1S/C51H85NO4/c1-4-6-8-10-12-14-16-18-20-22-24-26-28-30-32-37-43-54-49-42-41-48(52(3)51(53)56-46-47-39-35-34-36-40-47)45-50(49)55-44-38-33-31-29-27-25-23-21-19-17-15-13-11-9-7-5-2/h12-15,18-21,34-36,39-40,48-50H,4-11,16-17,22-33,37-38,41-46H2,1-3H3/b14-12-,15-13-,20-18-,21-19-/t48-,49-,50+/m1/s1. The molecule has 0 bridgehead atoms. The maximum Gasteiger partial charge on any atom is 0.410 e. The van der Waals surface area contributed by atoms with Crippen LogP contribution in [0.3, 0.4) is 0 Å². The number of ether oxygens (including phenoxy) is 3. The van der Waals surface area contributed by atoms with Gasteiger partial charge in [-0.15, -0.1) is 0 Å². The molecular formula is C51H85NO4. The molecule has 5 heteroatoms. The highest BCUT2D eigenvalue weighted by atomic mass is 16.6. The molecule has 1 amide bonds. The predicted molar refractivity (Wildman–Crippen MR) is 240 cm³/mol. The zero-order valence-corrected chi connectivity index (χ0v) is 36.5. The molecule has 56 heavy (non-hydrogen) atoms. The van der Waals surface area contributed by atoms with Crippen LogP contribution >= 0.6 is 0 Å². The van der Waals surface area contributed by atoms with Crippen molar-refractivity contribution < 1.29 is 19.0 Å². The second-order valence-electron chi connectivity index (χ2n) is 16.1. The summed E-state index contributed by atoms with van der Waals surface area (Å²) in [5.74, 6) is 0. The molecule has 0 unspecified atom stereocenters. The van der Waals surface area contributed by atoms with Crippen LogP contribution in [-0.4, -0.2) is 49.5 Å². The zero-order chi connectivity index (χ0) is 40.0. The van der Waals surface area contributed by atoms with Crippen LogP contribution in [0.2, 0.25) is 0 Å². The molecule has 1 aromatic carbocycles. The van der Waals surface area contributed by atoms with Gasteiger partial charge in [-0.25, -0.2) is 4.79 Å². The van der Waals surface area contributed by atoms with E-state index in [2.05, 4.69) is 62.5 Å². The van der Waals surface area contributed by atoms with Gasteiger partial charge in [-0.1, -0.05) is 170 Å². The lowest BCUT2D eigenvalue weighted by molar-refractivity contribution is -0.106. The third-order valence-electron chi connectivity index (χ3n) is 11.1. The van der Waals surface area contributed by atoms with E-state index in [-0.39, 0.29) is 24.3 Å². The first-order valence-electron chi connectivity index (χ1n) is 23.4. The number of amides is 1. The monoisotopic (exact) mass is 776 g/mol. The molecule has 1 aliphatic rings. The summed E-state index contributed by atoms with van der Waals surface area (Å²) in [5.41, 5.74) is 1.00. The van der Waals surface area contributed by atoms with Crippen LogP contribution in [0.4, 0.5) is 4.79 Å². The summed E-state index contributed by atoms with van der Waals surface area (Å²) >= 11 is 0. The van der Waals surface area contributed by atoms with Crippen molar-refractivity contribution in [3.8, 4) is 0 Å². The fourth-order valence-corrected chi connectivity index (χ4v) is 7.42. The average molecular weight is 776 g/mol. The second kappa shape index (κ2) is 36.7. The number of benzene rings is 1. The molecule has 0 aliphatic heterocycles. The summed E-state index contributed by atoms with van der Waals surface area (Å²) < 4.78 is 18.7. The molecule has 318 valence electrons. The Balaban J connectivity index is 1.64. The largest absolute Gasteiger partial charge is 0.445 e.